The van der Waals surface area contributed by atoms with Crippen molar-refractivity contribution in [2.24, 2.45) is 0 Å². The molecule has 1 saturated carbocycles. The van der Waals surface area contributed by atoms with E-state index < -0.39 is 0 Å². The Morgan fingerprint density at radius 2 is 2.00 bits per heavy atom. The smallest absolute Gasteiger partial charge is 0.127 e. The van der Waals surface area contributed by atoms with Crippen molar-refractivity contribution >= 4 is 0 Å². The monoisotopic (exact) mass is 207 g/mol. The summed E-state index contributed by atoms with van der Waals surface area (Å²) in [5, 5.41) is 3.41. The Labute approximate surface area is 90.7 Å². The fraction of sp³-hybridized carbons (Fsp3) is 0.538. The van der Waals surface area contributed by atoms with Crippen molar-refractivity contribution in [3.05, 3.63) is 35.6 Å². The number of hydrogen-bond acceptors (Lipinski definition) is 1. The van der Waals surface area contributed by atoms with Crippen molar-refractivity contribution in [2.45, 2.75) is 38.1 Å². The summed E-state index contributed by atoms with van der Waals surface area (Å²) in [6, 6.07) is 7.63. The third-order valence-corrected chi connectivity index (χ3v) is 3.15. The highest BCUT2D eigenvalue weighted by molar-refractivity contribution is 5.33. The average Bonchev–Trinajstić information content (AvgIpc) is 2.97. The molecule has 0 radical (unpaired) electrons. The fourth-order valence-electron chi connectivity index (χ4n) is 1.98. The van der Waals surface area contributed by atoms with E-state index in [1.54, 1.807) is 12.1 Å². The van der Waals surface area contributed by atoms with Crippen molar-refractivity contribution in [2.75, 3.05) is 6.54 Å². The molecule has 1 N–H and O–H groups in total. The van der Waals surface area contributed by atoms with Crippen LogP contribution in [0.4, 0.5) is 4.39 Å². The first-order valence-corrected chi connectivity index (χ1v) is 5.62. The van der Waals surface area contributed by atoms with Gasteiger partial charge in [-0.1, -0.05) is 32.0 Å². The highest BCUT2D eigenvalue weighted by Crippen LogP contribution is 2.48. The van der Waals surface area contributed by atoms with Crippen LogP contribution < -0.4 is 5.32 Å². The van der Waals surface area contributed by atoms with E-state index in [9.17, 15) is 4.39 Å². The van der Waals surface area contributed by atoms with Crippen LogP contribution in [0, 0.1) is 5.82 Å². The van der Waals surface area contributed by atoms with Gasteiger partial charge >= 0.3 is 0 Å². The molecule has 0 unspecified atom stereocenters. The molecule has 0 atom stereocenters. The van der Waals surface area contributed by atoms with E-state index in [2.05, 4.69) is 19.2 Å². The standard InChI is InChI=1S/C13H18FN/c1-10(2)15-9-13(7-8-13)11-5-3-4-6-12(11)14/h3-6,10,15H,7-9H2,1-2H3. The van der Waals surface area contributed by atoms with Gasteiger partial charge in [0.15, 0.2) is 0 Å². The molecule has 0 heterocycles. The third-order valence-electron chi connectivity index (χ3n) is 3.15. The molecule has 0 amide bonds. The minimum Gasteiger partial charge on any atom is -0.314 e. The first-order chi connectivity index (χ1) is 7.14. The number of halogens is 1. The third kappa shape index (κ3) is 2.20. The summed E-state index contributed by atoms with van der Waals surface area (Å²) in [4.78, 5) is 0. The molecule has 0 bridgehead atoms. The van der Waals surface area contributed by atoms with Crippen LogP contribution in [0.15, 0.2) is 24.3 Å². The van der Waals surface area contributed by atoms with Crippen LogP contribution in [0.3, 0.4) is 0 Å². The van der Waals surface area contributed by atoms with Crippen LogP contribution in [-0.2, 0) is 5.41 Å². The van der Waals surface area contributed by atoms with E-state index in [4.69, 9.17) is 0 Å². The summed E-state index contributed by atoms with van der Waals surface area (Å²) >= 11 is 0. The lowest BCUT2D eigenvalue weighted by Gasteiger charge is -2.19. The van der Waals surface area contributed by atoms with Crippen LogP contribution in [0.2, 0.25) is 0 Å². The Balaban J connectivity index is 2.13. The SMILES string of the molecule is CC(C)NCC1(c2ccccc2F)CC1. The zero-order valence-electron chi connectivity index (χ0n) is 9.39. The quantitative estimate of drug-likeness (QED) is 0.800. The molecule has 1 aliphatic rings. The summed E-state index contributed by atoms with van der Waals surface area (Å²) in [7, 11) is 0. The Hall–Kier alpha value is -0.890. The summed E-state index contributed by atoms with van der Waals surface area (Å²) in [6.07, 6.45) is 2.21. The average molecular weight is 207 g/mol. The van der Waals surface area contributed by atoms with E-state index in [1.165, 1.54) is 0 Å². The van der Waals surface area contributed by atoms with Gasteiger partial charge in [0.1, 0.15) is 5.82 Å². The second-order valence-corrected chi connectivity index (χ2v) is 4.80. The molecule has 0 aliphatic heterocycles. The number of hydrogen-bond donors (Lipinski definition) is 1. The Kier molecular flexibility index (Phi) is 2.79. The lowest BCUT2D eigenvalue weighted by Crippen LogP contribution is -2.32. The first kappa shape index (κ1) is 10.6. The molecule has 1 nitrogen and oxygen atoms in total. The maximum absolute atomic E-state index is 13.6. The van der Waals surface area contributed by atoms with E-state index in [0.717, 1.165) is 24.9 Å². The molecule has 0 aromatic heterocycles. The van der Waals surface area contributed by atoms with Crippen molar-refractivity contribution in [1.29, 1.82) is 0 Å². The normalized spacial score (nSPS) is 18.1. The van der Waals surface area contributed by atoms with E-state index in [1.807, 2.05) is 12.1 Å². The number of rotatable bonds is 4. The molecular weight excluding hydrogens is 189 g/mol. The van der Waals surface area contributed by atoms with Gasteiger partial charge in [-0.05, 0) is 24.5 Å². The van der Waals surface area contributed by atoms with Gasteiger partial charge in [0.05, 0.1) is 0 Å². The topological polar surface area (TPSA) is 12.0 Å². The molecule has 15 heavy (non-hydrogen) atoms. The van der Waals surface area contributed by atoms with Crippen LogP contribution in [-0.4, -0.2) is 12.6 Å². The van der Waals surface area contributed by atoms with Crippen LogP contribution in [0.25, 0.3) is 0 Å². The minimum absolute atomic E-state index is 0.0550. The fourth-order valence-corrected chi connectivity index (χ4v) is 1.98. The maximum atomic E-state index is 13.6. The summed E-state index contributed by atoms with van der Waals surface area (Å²) in [5.74, 6) is -0.0550. The van der Waals surface area contributed by atoms with Crippen molar-refractivity contribution in [1.82, 2.24) is 5.32 Å². The zero-order valence-corrected chi connectivity index (χ0v) is 9.39. The van der Waals surface area contributed by atoms with Gasteiger partial charge in [0.2, 0.25) is 0 Å². The summed E-state index contributed by atoms with van der Waals surface area (Å²) in [6.45, 7) is 5.14. The summed E-state index contributed by atoms with van der Waals surface area (Å²) < 4.78 is 13.6. The largest absolute Gasteiger partial charge is 0.314 e. The van der Waals surface area contributed by atoms with Gasteiger partial charge in [0, 0.05) is 18.0 Å². The predicted octanol–water partition coefficient (Wildman–Crippen LogP) is 2.86. The van der Waals surface area contributed by atoms with Gasteiger partial charge in [-0.25, -0.2) is 4.39 Å². The molecule has 0 saturated heterocycles. The molecule has 1 fully saturated rings. The first-order valence-electron chi connectivity index (χ1n) is 5.62. The molecule has 0 spiro atoms. The van der Waals surface area contributed by atoms with E-state index >= 15 is 0 Å². The molecule has 1 aromatic rings. The second-order valence-electron chi connectivity index (χ2n) is 4.80. The number of nitrogens with one attached hydrogen (secondary N) is 1. The van der Waals surface area contributed by atoms with Gasteiger partial charge in [-0.3, -0.25) is 0 Å². The van der Waals surface area contributed by atoms with Gasteiger partial charge in [-0.2, -0.15) is 0 Å². The minimum atomic E-state index is -0.0550. The van der Waals surface area contributed by atoms with E-state index in [-0.39, 0.29) is 11.2 Å². The van der Waals surface area contributed by atoms with Crippen molar-refractivity contribution in [3.8, 4) is 0 Å². The Morgan fingerprint density at radius 3 is 2.53 bits per heavy atom. The highest BCUT2D eigenvalue weighted by atomic mass is 19.1. The zero-order chi connectivity index (χ0) is 10.9. The van der Waals surface area contributed by atoms with Crippen LogP contribution in [0.5, 0.6) is 0 Å². The molecule has 1 aliphatic carbocycles. The van der Waals surface area contributed by atoms with Crippen molar-refractivity contribution in [3.63, 3.8) is 0 Å². The Bertz CT molecular complexity index is 342. The molecule has 82 valence electrons. The predicted molar refractivity (Wildman–Crippen MR) is 60.5 cm³/mol. The van der Waals surface area contributed by atoms with E-state index in [0.29, 0.717) is 6.04 Å². The summed E-state index contributed by atoms with van der Waals surface area (Å²) in [5.41, 5.74) is 0.966. The van der Waals surface area contributed by atoms with Gasteiger partial charge in [-0.15, -0.1) is 0 Å². The highest BCUT2D eigenvalue weighted by Gasteiger charge is 2.45. The maximum Gasteiger partial charge on any atom is 0.127 e. The number of benzene rings is 1. The lowest BCUT2D eigenvalue weighted by molar-refractivity contribution is 0.498. The van der Waals surface area contributed by atoms with Crippen LogP contribution >= 0.6 is 0 Å². The molecule has 1 aromatic carbocycles. The van der Waals surface area contributed by atoms with Gasteiger partial charge < -0.3 is 5.32 Å². The molecule has 2 rings (SSSR count). The second kappa shape index (κ2) is 3.93. The van der Waals surface area contributed by atoms with Gasteiger partial charge in [0.25, 0.3) is 0 Å². The molecular formula is C13H18FN. The van der Waals surface area contributed by atoms with Crippen LogP contribution in [0.1, 0.15) is 32.3 Å². The Morgan fingerprint density at radius 1 is 1.33 bits per heavy atom. The van der Waals surface area contributed by atoms with Crippen molar-refractivity contribution < 1.29 is 4.39 Å². The lowest BCUT2D eigenvalue weighted by atomic mass is 9.95. The molecule has 2 heteroatoms.